The van der Waals surface area contributed by atoms with Gasteiger partial charge in [-0.05, 0) is 34.1 Å². The third-order valence-electron chi connectivity index (χ3n) is 3.25. The Kier molecular flexibility index (Phi) is 5.52. The van der Waals surface area contributed by atoms with Crippen molar-refractivity contribution in [3.8, 4) is 0 Å². The minimum Gasteiger partial charge on any atom is -0.372 e. The molecule has 0 bridgehead atoms. The van der Waals surface area contributed by atoms with Gasteiger partial charge in [-0.3, -0.25) is 0 Å². The van der Waals surface area contributed by atoms with Crippen molar-refractivity contribution in [2.45, 2.75) is 25.9 Å². The van der Waals surface area contributed by atoms with Gasteiger partial charge in [-0.1, -0.05) is 44.2 Å². The average molecular weight is 397 g/mol. The Bertz CT molecular complexity index is 602. The first-order valence-corrected chi connectivity index (χ1v) is 7.99. The second-order valence-corrected chi connectivity index (χ2v) is 6.14. The van der Waals surface area contributed by atoms with E-state index in [0.717, 1.165) is 20.6 Å². The quantitative estimate of drug-likeness (QED) is 0.776. The van der Waals surface area contributed by atoms with E-state index in [4.69, 9.17) is 9.72 Å². The lowest BCUT2D eigenvalue weighted by molar-refractivity contribution is 0.129. The highest BCUT2D eigenvalue weighted by molar-refractivity contribution is 14.1. The summed E-state index contributed by atoms with van der Waals surface area (Å²) in [6.45, 7) is 4.27. The summed E-state index contributed by atoms with van der Waals surface area (Å²) in [5, 5.41) is 3.15. The van der Waals surface area contributed by atoms with Crippen LogP contribution in [0.25, 0.3) is 0 Å². The molecule has 21 heavy (non-hydrogen) atoms. The minimum atomic E-state index is -0.257. The predicted octanol–water partition coefficient (Wildman–Crippen LogP) is 3.98. The van der Waals surface area contributed by atoms with Gasteiger partial charge in [0.05, 0.1) is 9.26 Å². The maximum absolute atomic E-state index is 5.64. The normalized spacial score (nSPS) is 12.5. The molecule has 0 aliphatic carbocycles. The molecule has 4 nitrogen and oxygen atoms in total. The number of hydrogen-bond acceptors (Lipinski definition) is 4. The van der Waals surface area contributed by atoms with E-state index in [9.17, 15) is 0 Å². The second kappa shape index (κ2) is 7.17. The molecule has 0 radical (unpaired) electrons. The highest BCUT2D eigenvalue weighted by Crippen LogP contribution is 2.29. The molecule has 2 aromatic rings. The van der Waals surface area contributed by atoms with Gasteiger partial charge in [0.15, 0.2) is 5.82 Å². The molecule has 1 unspecified atom stereocenters. The van der Waals surface area contributed by atoms with Crippen LogP contribution in [-0.2, 0) is 4.74 Å². The Morgan fingerprint density at radius 3 is 2.33 bits per heavy atom. The Labute approximate surface area is 139 Å². The molecule has 0 aliphatic heterocycles. The Balaban J connectivity index is 2.54. The van der Waals surface area contributed by atoms with Crippen LogP contribution in [0, 0.1) is 3.57 Å². The van der Waals surface area contributed by atoms with E-state index in [1.807, 2.05) is 37.4 Å². The van der Waals surface area contributed by atoms with Crippen LogP contribution in [0.5, 0.6) is 0 Å². The summed E-state index contributed by atoms with van der Waals surface area (Å²) in [7, 11) is 3.57. The zero-order chi connectivity index (χ0) is 15.4. The van der Waals surface area contributed by atoms with Crippen LogP contribution >= 0.6 is 22.6 Å². The van der Waals surface area contributed by atoms with Crippen molar-refractivity contribution in [2.24, 2.45) is 0 Å². The van der Waals surface area contributed by atoms with E-state index in [2.05, 4.69) is 46.7 Å². The van der Waals surface area contributed by atoms with Gasteiger partial charge in [0.1, 0.15) is 11.9 Å². The van der Waals surface area contributed by atoms with E-state index in [1.165, 1.54) is 0 Å². The molecule has 1 atom stereocenters. The molecule has 1 N–H and O–H groups in total. The summed E-state index contributed by atoms with van der Waals surface area (Å²) >= 11 is 2.29. The predicted molar refractivity (Wildman–Crippen MR) is 93.7 cm³/mol. The summed E-state index contributed by atoms with van der Waals surface area (Å²) in [5.74, 6) is 1.87. The number of nitrogens with zero attached hydrogens (tertiary/aromatic N) is 2. The largest absolute Gasteiger partial charge is 0.372 e. The molecule has 1 aromatic heterocycles. The molecule has 0 fully saturated rings. The van der Waals surface area contributed by atoms with Crippen LogP contribution in [0.4, 0.5) is 5.82 Å². The maximum atomic E-state index is 5.64. The van der Waals surface area contributed by atoms with Gasteiger partial charge in [0, 0.05) is 14.2 Å². The van der Waals surface area contributed by atoms with Crippen LogP contribution in [0.1, 0.15) is 43.0 Å². The van der Waals surface area contributed by atoms with Crippen LogP contribution in [-0.4, -0.2) is 24.1 Å². The van der Waals surface area contributed by atoms with Gasteiger partial charge in [-0.15, -0.1) is 0 Å². The van der Waals surface area contributed by atoms with Gasteiger partial charge in [0.2, 0.25) is 0 Å². The lowest BCUT2D eigenvalue weighted by atomic mass is 10.1. The molecule has 1 heterocycles. The summed E-state index contributed by atoms with van der Waals surface area (Å²) < 4.78 is 6.71. The van der Waals surface area contributed by atoms with Gasteiger partial charge < -0.3 is 10.1 Å². The zero-order valence-electron chi connectivity index (χ0n) is 12.7. The monoisotopic (exact) mass is 397 g/mol. The van der Waals surface area contributed by atoms with E-state index in [0.29, 0.717) is 11.7 Å². The fourth-order valence-electron chi connectivity index (χ4n) is 2.17. The van der Waals surface area contributed by atoms with Crippen molar-refractivity contribution in [3.05, 3.63) is 51.0 Å². The van der Waals surface area contributed by atoms with E-state index in [1.54, 1.807) is 7.11 Å². The molecule has 2 rings (SSSR count). The number of hydrogen-bond donors (Lipinski definition) is 1. The number of nitrogens with one attached hydrogen (secondary N) is 1. The van der Waals surface area contributed by atoms with E-state index in [-0.39, 0.29) is 6.10 Å². The zero-order valence-corrected chi connectivity index (χ0v) is 14.9. The number of methoxy groups -OCH3 is 1. The number of halogens is 1. The van der Waals surface area contributed by atoms with Crippen LogP contribution in [0.2, 0.25) is 0 Å². The third-order valence-corrected chi connectivity index (χ3v) is 4.31. The lowest BCUT2D eigenvalue weighted by Gasteiger charge is -2.19. The topological polar surface area (TPSA) is 47.0 Å². The summed E-state index contributed by atoms with van der Waals surface area (Å²) in [4.78, 5) is 9.37. The lowest BCUT2D eigenvalue weighted by Crippen LogP contribution is -2.14. The highest BCUT2D eigenvalue weighted by atomic mass is 127. The number of benzene rings is 1. The van der Waals surface area contributed by atoms with Crippen LogP contribution in [0.3, 0.4) is 0 Å². The Hall–Kier alpha value is -1.21. The first-order valence-electron chi connectivity index (χ1n) is 6.91. The first-order chi connectivity index (χ1) is 10.1. The number of ether oxygens (including phenoxy) is 1. The molecule has 0 saturated carbocycles. The first kappa shape index (κ1) is 16.2. The molecule has 0 saturated heterocycles. The van der Waals surface area contributed by atoms with Crippen molar-refractivity contribution in [2.75, 3.05) is 19.5 Å². The van der Waals surface area contributed by atoms with E-state index >= 15 is 0 Å². The van der Waals surface area contributed by atoms with Crippen molar-refractivity contribution in [3.63, 3.8) is 0 Å². The van der Waals surface area contributed by atoms with E-state index < -0.39 is 0 Å². The summed E-state index contributed by atoms with van der Waals surface area (Å²) in [5.41, 5.74) is 2.10. The van der Waals surface area contributed by atoms with Crippen molar-refractivity contribution >= 4 is 28.4 Å². The smallest absolute Gasteiger partial charge is 0.164 e. The maximum Gasteiger partial charge on any atom is 0.164 e. The molecular formula is C16H20IN3O. The number of rotatable bonds is 5. The molecular weight excluding hydrogens is 377 g/mol. The number of aromatic nitrogens is 2. The van der Waals surface area contributed by atoms with Gasteiger partial charge >= 0.3 is 0 Å². The van der Waals surface area contributed by atoms with Gasteiger partial charge in [-0.25, -0.2) is 9.97 Å². The molecule has 0 spiro atoms. The fraction of sp³-hybridized carbons (Fsp3) is 0.375. The third kappa shape index (κ3) is 3.52. The molecule has 1 aromatic carbocycles. The SMILES string of the molecule is CNc1nc(C(OC)c2ccccc2)nc(C(C)C)c1I. The molecule has 0 amide bonds. The molecule has 0 aliphatic rings. The second-order valence-electron chi connectivity index (χ2n) is 5.06. The van der Waals surface area contributed by atoms with Crippen molar-refractivity contribution < 1.29 is 4.74 Å². The standard InChI is InChI=1S/C16H20IN3O/c1-10(2)13-12(17)15(18-3)20-16(19-13)14(21-4)11-8-6-5-7-9-11/h5-10,14H,1-4H3,(H,18,19,20). The summed E-state index contributed by atoms with van der Waals surface area (Å²) in [6.07, 6.45) is -0.257. The van der Waals surface area contributed by atoms with Crippen molar-refractivity contribution in [1.82, 2.24) is 9.97 Å². The molecule has 112 valence electrons. The Morgan fingerprint density at radius 1 is 1.14 bits per heavy atom. The highest BCUT2D eigenvalue weighted by Gasteiger charge is 2.21. The van der Waals surface area contributed by atoms with Gasteiger partial charge in [-0.2, -0.15) is 0 Å². The summed E-state index contributed by atoms with van der Waals surface area (Å²) in [6, 6.07) is 10.0. The van der Waals surface area contributed by atoms with Gasteiger partial charge in [0.25, 0.3) is 0 Å². The number of anilines is 1. The van der Waals surface area contributed by atoms with Crippen LogP contribution < -0.4 is 5.32 Å². The average Bonchev–Trinajstić information content (AvgIpc) is 2.50. The minimum absolute atomic E-state index is 0.257. The van der Waals surface area contributed by atoms with Crippen LogP contribution in [0.15, 0.2) is 30.3 Å². The Morgan fingerprint density at radius 2 is 1.81 bits per heavy atom. The fourth-order valence-corrected chi connectivity index (χ4v) is 3.30. The molecule has 5 heteroatoms. The van der Waals surface area contributed by atoms with Crippen molar-refractivity contribution in [1.29, 1.82) is 0 Å².